The van der Waals surface area contributed by atoms with Gasteiger partial charge in [-0.2, -0.15) is 0 Å². The minimum absolute atomic E-state index is 0.348. The molecule has 0 aromatic heterocycles. The number of nitrogens with two attached hydrogens (primary N) is 1. The predicted octanol–water partition coefficient (Wildman–Crippen LogP) is 2.13. The molecule has 3 nitrogen and oxygen atoms in total. The number of aliphatic hydroxyl groups excluding tert-OH is 1. The Morgan fingerprint density at radius 2 is 2.33 bits per heavy atom. The number of anilines is 1. The fourth-order valence-electron chi connectivity index (χ4n) is 1.06. The molecule has 0 aliphatic heterocycles. The van der Waals surface area contributed by atoms with E-state index in [1.807, 2.05) is 18.2 Å². The van der Waals surface area contributed by atoms with Gasteiger partial charge in [0.2, 0.25) is 0 Å². The minimum atomic E-state index is -0.460. The number of thioether (sulfide) groups is 1. The molecule has 0 saturated carbocycles. The maximum atomic E-state index is 9.47. The van der Waals surface area contributed by atoms with Gasteiger partial charge >= 0.3 is 0 Å². The van der Waals surface area contributed by atoms with E-state index in [4.69, 9.17) is 10.5 Å². The Bertz CT molecular complexity index is 322. The summed E-state index contributed by atoms with van der Waals surface area (Å²) in [5.74, 6) is 0.578. The van der Waals surface area contributed by atoms with Gasteiger partial charge in [-0.15, -0.1) is 11.8 Å². The molecule has 0 saturated heterocycles. The van der Waals surface area contributed by atoms with Crippen molar-refractivity contribution in [2.75, 3.05) is 25.2 Å². The fourth-order valence-corrected chi connectivity index (χ4v) is 2.49. The van der Waals surface area contributed by atoms with Crippen molar-refractivity contribution < 1.29 is 9.84 Å². The molecule has 5 heteroatoms. The molecule has 1 unspecified atom stereocenters. The van der Waals surface area contributed by atoms with Crippen LogP contribution in [0, 0.1) is 0 Å². The number of halogens is 1. The van der Waals surface area contributed by atoms with Crippen molar-refractivity contribution in [1.29, 1.82) is 0 Å². The minimum Gasteiger partial charge on any atom is -0.398 e. The lowest BCUT2D eigenvalue weighted by Gasteiger charge is -2.10. The highest BCUT2D eigenvalue weighted by Gasteiger charge is 2.06. The molecule has 1 rings (SSSR count). The first-order valence-corrected chi connectivity index (χ1v) is 6.26. The Labute approximate surface area is 102 Å². The lowest BCUT2D eigenvalue weighted by Crippen LogP contribution is -2.16. The Kier molecular flexibility index (Phi) is 5.45. The third kappa shape index (κ3) is 4.42. The van der Waals surface area contributed by atoms with Gasteiger partial charge in [0.1, 0.15) is 0 Å². The predicted molar refractivity (Wildman–Crippen MR) is 67.2 cm³/mol. The molecule has 0 aliphatic carbocycles. The summed E-state index contributed by atoms with van der Waals surface area (Å²) in [6, 6.07) is 5.68. The first kappa shape index (κ1) is 12.8. The van der Waals surface area contributed by atoms with Crippen molar-refractivity contribution in [1.82, 2.24) is 0 Å². The third-order valence-electron chi connectivity index (χ3n) is 1.77. The van der Waals surface area contributed by atoms with Crippen molar-refractivity contribution in [2.45, 2.75) is 11.0 Å². The number of nitrogen functional groups attached to an aromatic ring is 1. The van der Waals surface area contributed by atoms with Crippen LogP contribution in [0.15, 0.2) is 27.6 Å². The summed E-state index contributed by atoms with van der Waals surface area (Å²) < 4.78 is 5.83. The van der Waals surface area contributed by atoms with Gasteiger partial charge in [-0.25, -0.2) is 0 Å². The van der Waals surface area contributed by atoms with Gasteiger partial charge in [0.15, 0.2) is 0 Å². The summed E-state index contributed by atoms with van der Waals surface area (Å²) in [6.07, 6.45) is -0.460. The highest BCUT2D eigenvalue weighted by molar-refractivity contribution is 9.10. The zero-order valence-electron chi connectivity index (χ0n) is 8.44. The lowest BCUT2D eigenvalue weighted by atomic mass is 10.3. The number of hydrogen-bond acceptors (Lipinski definition) is 4. The summed E-state index contributed by atoms with van der Waals surface area (Å²) >= 11 is 4.90. The van der Waals surface area contributed by atoms with Crippen LogP contribution in [0.4, 0.5) is 5.69 Å². The molecule has 1 atom stereocenters. The van der Waals surface area contributed by atoms with Crippen LogP contribution in [0.3, 0.4) is 0 Å². The molecule has 0 bridgehead atoms. The monoisotopic (exact) mass is 291 g/mol. The van der Waals surface area contributed by atoms with Crippen LogP contribution in [0.1, 0.15) is 0 Å². The largest absolute Gasteiger partial charge is 0.398 e. The summed E-state index contributed by atoms with van der Waals surface area (Å²) in [7, 11) is 1.57. The van der Waals surface area contributed by atoms with Gasteiger partial charge in [-0.1, -0.05) is 15.9 Å². The summed E-state index contributed by atoms with van der Waals surface area (Å²) in [6.45, 7) is 0.348. The number of aliphatic hydroxyl groups is 1. The standard InChI is InChI=1S/C10H14BrNO2S/c1-14-5-8(13)6-15-10-4-7(11)2-3-9(10)12/h2-4,8,13H,5-6,12H2,1H3. The topological polar surface area (TPSA) is 55.5 Å². The fraction of sp³-hybridized carbons (Fsp3) is 0.400. The molecule has 84 valence electrons. The van der Waals surface area contributed by atoms with Crippen molar-refractivity contribution in [3.8, 4) is 0 Å². The second kappa shape index (κ2) is 6.37. The SMILES string of the molecule is COCC(O)CSc1cc(Br)ccc1N. The van der Waals surface area contributed by atoms with E-state index >= 15 is 0 Å². The zero-order valence-corrected chi connectivity index (χ0v) is 10.8. The Balaban J connectivity index is 2.53. The number of rotatable bonds is 5. The van der Waals surface area contributed by atoms with E-state index in [0.29, 0.717) is 12.4 Å². The highest BCUT2D eigenvalue weighted by Crippen LogP contribution is 2.28. The smallest absolute Gasteiger partial charge is 0.0867 e. The molecule has 0 amide bonds. The number of hydrogen-bond donors (Lipinski definition) is 2. The Hall–Kier alpha value is -0.230. The Morgan fingerprint density at radius 3 is 3.00 bits per heavy atom. The van der Waals surface area contributed by atoms with Crippen LogP contribution >= 0.6 is 27.7 Å². The molecule has 0 spiro atoms. The molecular weight excluding hydrogens is 278 g/mol. The first-order valence-electron chi connectivity index (χ1n) is 4.48. The van der Waals surface area contributed by atoms with Crippen molar-refractivity contribution in [2.24, 2.45) is 0 Å². The molecule has 0 aliphatic rings. The van der Waals surface area contributed by atoms with E-state index in [-0.39, 0.29) is 0 Å². The lowest BCUT2D eigenvalue weighted by molar-refractivity contribution is 0.0794. The van der Waals surface area contributed by atoms with E-state index in [9.17, 15) is 5.11 Å². The van der Waals surface area contributed by atoms with E-state index in [1.54, 1.807) is 7.11 Å². The molecule has 1 aromatic carbocycles. The van der Waals surface area contributed by atoms with Crippen LogP contribution in [-0.4, -0.2) is 30.7 Å². The van der Waals surface area contributed by atoms with Gasteiger partial charge in [0.25, 0.3) is 0 Å². The van der Waals surface area contributed by atoms with Gasteiger partial charge < -0.3 is 15.6 Å². The van der Waals surface area contributed by atoms with Crippen LogP contribution in [0.25, 0.3) is 0 Å². The molecule has 0 heterocycles. The molecule has 3 N–H and O–H groups in total. The van der Waals surface area contributed by atoms with Crippen LogP contribution in [0.2, 0.25) is 0 Å². The van der Waals surface area contributed by atoms with E-state index in [0.717, 1.165) is 15.1 Å². The zero-order chi connectivity index (χ0) is 11.3. The average Bonchev–Trinajstić information content (AvgIpc) is 2.20. The van der Waals surface area contributed by atoms with Crippen LogP contribution in [0.5, 0.6) is 0 Å². The van der Waals surface area contributed by atoms with Gasteiger partial charge in [-0.3, -0.25) is 0 Å². The molecule has 1 aromatic rings. The molecule has 0 fully saturated rings. The van der Waals surface area contributed by atoms with E-state index in [2.05, 4.69) is 15.9 Å². The Morgan fingerprint density at radius 1 is 1.60 bits per heavy atom. The van der Waals surface area contributed by atoms with Gasteiger partial charge in [0, 0.05) is 27.9 Å². The first-order chi connectivity index (χ1) is 7.13. The van der Waals surface area contributed by atoms with Crippen molar-refractivity contribution in [3.63, 3.8) is 0 Å². The quantitative estimate of drug-likeness (QED) is 0.645. The maximum absolute atomic E-state index is 9.47. The molecule has 15 heavy (non-hydrogen) atoms. The van der Waals surface area contributed by atoms with Gasteiger partial charge in [0.05, 0.1) is 12.7 Å². The summed E-state index contributed by atoms with van der Waals surface area (Å²) in [5, 5.41) is 9.47. The van der Waals surface area contributed by atoms with Gasteiger partial charge in [-0.05, 0) is 18.2 Å². The van der Waals surface area contributed by atoms with E-state index < -0.39 is 6.10 Å². The molecular formula is C10H14BrNO2S. The second-order valence-electron chi connectivity index (χ2n) is 3.10. The van der Waals surface area contributed by atoms with Crippen LogP contribution < -0.4 is 5.73 Å². The van der Waals surface area contributed by atoms with Crippen molar-refractivity contribution in [3.05, 3.63) is 22.7 Å². The molecule has 0 radical (unpaired) electrons. The summed E-state index contributed by atoms with van der Waals surface area (Å²) in [5.41, 5.74) is 6.52. The third-order valence-corrected chi connectivity index (χ3v) is 3.48. The average molecular weight is 292 g/mol. The number of ether oxygens (including phenoxy) is 1. The normalized spacial score (nSPS) is 12.7. The van der Waals surface area contributed by atoms with Crippen LogP contribution in [-0.2, 0) is 4.74 Å². The summed E-state index contributed by atoms with van der Waals surface area (Å²) in [4.78, 5) is 0.972. The second-order valence-corrected chi connectivity index (χ2v) is 5.08. The number of methoxy groups -OCH3 is 1. The van der Waals surface area contributed by atoms with Crippen molar-refractivity contribution >= 4 is 33.4 Å². The van der Waals surface area contributed by atoms with E-state index in [1.165, 1.54) is 11.8 Å². The highest BCUT2D eigenvalue weighted by atomic mass is 79.9. The maximum Gasteiger partial charge on any atom is 0.0867 e. The number of benzene rings is 1.